The van der Waals surface area contributed by atoms with Crippen molar-refractivity contribution in [3.63, 3.8) is 0 Å². The van der Waals surface area contributed by atoms with Gasteiger partial charge < -0.3 is 9.47 Å². The van der Waals surface area contributed by atoms with Crippen molar-refractivity contribution >= 4 is 38.7 Å². The Morgan fingerprint density at radius 3 is 2.51 bits per heavy atom. The maximum absolute atomic E-state index is 12.8. The summed E-state index contributed by atoms with van der Waals surface area (Å²) in [5, 5.41) is 12.8. The van der Waals surface area contributed by atoms with E-state index in [-0.39, 0.29) is 5.57 Å². The smallest absolute Gasteiger partial charge is 0.268 e. The van der Waals surface area contributed by atoms with Crippen LogP contribution < -0.4 is 14.8 Å². The number of amides is 1. The van der Waals surface area contributed by atoms with Crippen LogP contribution >= 0.6 is 11.3 Å². The van der Waals surface area contributed by atoms with E-state index < -0.39 is 5.91 Å². The molecule has 0 atom stereocenters. The van der Waals surface area contributed by atoms with Gasteiger partial charge in [0.05, 0.1) is 17.3 Å². The van der Waals surface area contributed by atoms with Gasteiger partial charge in [-0.15, -0.1) is 0 Å². The fourth-order valence-electron chi connectivity index (χ4n) is 3.45. The lowest BCUT2D eigenvalue weighted by Crippen LogP contribution is -2.13. The number of aryl methyl sites for hydroxylation is 3. The number of carbonyl (C=O) groups is 1. The molecule has 0 unspecified atom stereocenters. The normalized spacial score (nSPS) is 11.2. The van der Waals surface area contributed by atoms with E-state index in [2.05, 4.69) is 10.3 Å². The second-order valence-corrected chi connectivity index (χ2v) is 9.26. The average Bonchev–Trinajstić information content (AvgIpc) is 3.23. The van der Waals surface area contributed by atoms with Crippen LogP contribution in [0.25, 0.3) is 16.3 Å². The zero-order valence-electron chi connectivity index (χ0n) is 20.0. The first kappa shape index (κ1) is 24.0. The molecule has 0 spiro atoms. The van der Waals surface area contributed by atoms with E-state index >= 15 is 0 Å². The maximum Gasteiger partial charge on any atom is 0.268 e. The molecule has 4 rings (SSSR count). The Kier molecular flexibility index (Phi) is 7.14. The second-order valence-electron chi connectivity index (χ2n) is 8.23. The number of fused-ring (bicyclic) bond motifs is 1. The van der Waals surface area contributed by atoms with Crippen molar-refractivity contribution < 1.29 is 14.3 Å². The Bertz CT molecular complexity index is 1420. The Morgan fingerprint density at radius 2 is 1.80 bits per heavy atom. The van der Waals surface area contributed by atoms with Crippen LogP contribution in [0.1, 0.15) is 27.8 Å². The molecule has 4 aromatic rings. The van der Waals surface area contributed by atoms with Crippen LogP contribution in [0.15, 0.2) is 60.2 Å². The van der Waals surface area contributed by atoms with Crippen LogP contribution in [0.5, 0.6) is 11.5 Å². The number of benzene rings is 3. The predicted molar refractivity (Wildman–Crippen MR) is 140 cm³/mol. The summed E-state index contributed by atoms with van der Waals surface area (Å²) in [6, 6.07) is 19.4. The van der Waals surface area contributed by atoms with Crippen molar-refractivity contribution in [1.29, 1.82) is 5.26 Å². The quantitative estimate of drug-likeness (QED) is 0.244. The average molecular weight is 484 g/mol. The van der Waals surface area contributed by atoms with E-state index in [4.69, 9.17) is 9.47 Å². The van der Waals surface area contributed by atoms with Gasteiger partial charge in [-0.3, -0.25) is 10.1 Å². The lowest BCUT2D eigenvalue weighted by molar-refractivity contribution is -0.112. The summed E-state index contributed by atoms with van der Waals surface area (Å²) in [5.74, 6) is 0.576. The third kappa shape index (κ3) is 5.68. The SMILES string of the molecule is COc1cc(C=C(C#N)C(=O)Nc2nc3cc(C)c(C)cc3s2)ccc1OCc1ccc(C)cc1. The van der Waals surface area contributed by atoms with Gasteiger partial charge in [-0.05, 0) is 73.4 Å². The molecule has 0 aliphatic heterocycles. The summed E-state index contributed by atoms with van der Waals surface area (Å²) in [5.41, 5.74) is 5.97. The highest BCUT2D eigenvalue weighted by atomic mass is 32.1. The highest BCUT2D eigenvalue weighted by Gasteiger charge is 2.14. The van der Waals surface area contributed by atoms with Gasteiger partial charge in [0.25, 0.3) is 5.91 Å². The van der Waals surface area contributed by atoms with Crippen LogP contribution in [-0.4, -0.2) is 18.0 Å². The van der Waals surface area contributed by atoms with Crippen molar-refractivity contribution in [2.75, 3.05) is 12.4 Å². The third-order valence-electron chi connectivity index (χ3n) is 5.60. The minimum atomic E-state index is -0.515. The minimum Gasteiger partial charge on any atom is -0.493 e. The summed E-state index contributed by atoms with van der Waals surface area (Å²) >= 11 is 1.38. The van der Waals surface area contributed by atoms with Gasteiger partial charge in [-0.1, -0.05) is 47.2 Å². The van der Waals surface area contributed by atoms with Crippen molar-refractivity contribution in [3.05, 3.63) is 88.0 Å². The van der Waals surface area contributed by atoms with Crippen molar-refractivity contribution in [2.24, 2.45) is 0 Å². The van der Waals surface area contributed by atoms with E-state index in [1.165, 1.54) is 23.0 Å². The molecule has 6 nitrogen and oxygen atoms in total. The molecule has 1 heterocycles. The molecular formula is C28H25N3O3S. The van der Waals surface area contributed by atoms with E-state index in [0.717, 1.165) is 26.9 Å². The molecule has 0 aliphatic carbocycles. The van der Waals surface area contributed by atoms with Crippen molar-refractivity contribution in [3.8, 4) is 17.6 Å². The van der Waals surface area contributed by atoms with Gasteiger partial charge in [0, 0.05) is 0 Å². The summed E-state index contributed by atoms with van der Waals surface area (Å²) in [6.45, 7) is 6.50. The van der Waals surface area contributed by atoms with Gasteiger partial charge in [0.1, 0.15) is 18.2 Å². The van der Waals surface area contributed by atoms with Crippen molar-refractivity contribution in [2.45, 2.75) is 27.4 Å². The summed E-state index contributed by atoms with van der Waals surface area (Å²) < 4.78 is 12.4. The van der Waals surface area contributed by atoms with Gasteiger partial charge >= 0.3 is 0 Å². The zero-order chi connectivity index (χ0) is 24.9. The molecule has 35 heavy (non-hydrogen) atoms. The van der Waals surface area contributed by atoms with E-state index in [1.54, 1.807) is 25.3 Å². The Balaban J connectivity index is 1.50. The highest BCUT2D eigenvalue weighted by molar-refractivity contribution is 7.22. The largest absolute Gasteiger partial charge is 0.493 e. The number of nitrogens with zero attached hydrogens (tertiary/aromatic N) is 2. The summed E-state index contributed by atoms with van der Waals surface area (Å²) in [4.78, 5) is 17.3. The molecule has 1 N–H and O–H groups in total. The molecule has 1 amide bonds. The fourth-order valence-corrected chi connectivity index (χ4v) is 4.39. The van der Waals surface area contributed by atoms with Crippen LogP contribution in [0, 0.1) is 32.1 Å². The van der Waals surface area contributed by atoms with Crippen LogP contribution in [0.2, 0.25) is 0 Å². The Hall–Kier alpha value is -4.15. The summed E-state index contributed by atoms with van der Waals surface area (Å²) in [6.07, 6.45) is 1.52. The number of rotatable bonds is 7. The third-order valence-corrected chi connectivity index (χ3v) is 6.54. The molecule has 0 bridgehead atoms. The molecule has 0 radical (unpaired) electrons. The Labute approximate surface area is 208 Å². The zero-order valence-corrected chi connectivity index (χ0v) is 20.8. The number of nitrogens with one attached hydrogen (secondary N) is 1. The second kappa shape index (κ2) is 10.4. The molecule has 0 saturated heterocycles. The number of nitriles is 1. The monoisotopic (exact) mass is 483 g/mol. The van der Waals surface area contributed by atoms with Crippen LogP contribution in [-0.2, 0) is 11.4 Å². The van der Waals surface area contributed by atoms with E-state index in [1.807, 2.05) is 63.2 Å². The predicted octanol–water partition coefficient (Wildman–Crippen LogP) is 6.35. The van der Waals surface area contributed by atoms with E-state index in [0.29, 0.717) is 28.8 Å². The lowest BCUT2D eigenvalue weighted by atomic mass is 10.1. The number of aromatic nitrogens is 1. The maximum atomic E-state index is 12.8. The molecular weight excluding hydrogens is 458 g/mol. The van der Waals surface area contributed by atoms with Gasteiger partial charge in [0.15, 0.2) is 16.6 Å². The summed E-state index contributed by atoms with van der Waals surface area (Å²) in [7, 11) is 1.55. The van der Waals surface area contributed by atoms with Crippen molar-refractivity contribution in [1.82, 2.24) is 4.98 Å². The fraction of sp³-hybridized carbons (Fsp3) is 0.179. The van der Waals surface area contributed by atoms with Crippen LogP contribution in [0.4, 0.5) is 5.13 Å². The number of hydrogen-bond acceptors (Lipinski definition) is 6. The van der Waals surface area contributed by atoms with Gasteiger partial charge in [-0.25, -0.2) is 4.98 Å². The molecule has 0 aliphatic rings. The van der Waals surface area contributed by atoms with Gasteiger partial charge in [0.2, 0.25) is 0 Å². The van der Waals surface area contributed by atoms with Gasteiger partial charge in [-0.2, -0.15) is 5.26 Å². The molecule has 0 fully saturated rings. The first-order valence-corrected chi connectivity index (χ1v) is 11.8. The number of ether oxygens (including phenoxy) is 2. The number of anilines is 1. The molecule has 1 aromatic heterocycles. The first-order chi connectivity index (χ1) is 16.9. The topological polar surface area (TPSA) is 84.2 Å². The molecule has 7 heteroatoms. The van der Waals surface area contributed by atoms with Crippen LogP contribution in [0.3, 0.4) is 0 Å². The molecule has 3 aromatic carbocycles. The highest BCUT2D eigenvalue weighted by Crippen LogP contribution is 2.31. The molecule has 176 valence electrons. The lowest BCUT2D eigenvalue weighted by Gasteiger charge is -2.12. The number of hydrogen-bond donors (Lipinski definition) is 1. The van der Waals surface area contributed by atoms with E-state index in [9.17, 15) is 10.1 Å². The number of methoxy groups -OCH3 is 1. The number of carbonyl (C=O) groups excluding carboxylic acids is 1. The first-order valence-electron chi connectivity index (χ1n) is 11.0. The minimum absolute atomic E-state index is 0.0352. The standard InChI is InChI=1S/C28H25N3O3S/c1-17-5-7-20(8-6-17)16-34-24-10-9-21(14-25(24)33-4)13-22(15-29)27(32)31-28-30-23-11-18(2)19(3)12-26(23)35-28/h5-14H,16H2,1-4H3,(H,30,31,32). The Morgan fingerprint density at radius 1 is 1.06 bits per heavy atom. The molecule has 0 saturated carbocycles. The number of thiazole rings is 1.